The Kier molecular flexibility index (Phi) is 10.2. The van der Waals surface area contributed by atoms with Gasteiger partial charge in [-0.3, -0.25) is 10.7 Å². The maximum atomic E-state index is 11.8. The minimum absolute atomic E-state index is 0.0387. The molecule has 1 fully saturated rings. The SMILES string of the molecule is CN1CCC(OC(c2cccc(CCCCCNC(=N)NC(=O)OC(C)(C)C)c2)c2nc3ccccc3[nH]2)CC1. The van der Waals surface area contributed by atoms with Gasteiger partial charge in [-0.1, -0.05) is 42.8 Å². The van der Waals surface area contributed by atoms with Gasteiger partial charge in [0.2, 0.25) is 0 Å². The lowest BCUT2D eigenvalue weighted by Gasteiger charge is -2.31. The van der Waals surface area contributed by atoms with Crippen molar-refractivity contribution in [3.63, 3.8) is 0 Å². The molecular weight excluding hydrogens is 504 g/mol. The van der Waals surface area contributed by atoms with Crippen LogP contribution in [0.5, 0.6) is 0 Å². The number of alkyl carbamates (subject to hydrolysis) is 1. The van der Waals surface area contributed by atoms with E-state index in [1.807, 2.05) is 18.2 Å². The number of nitrogens with one attached hydrogen (secondary N) is 4. The van der Waals surface area contributed by atoms with E-state index in [1.165, 1.54) is 5.56 Å². The van der Waals surface area contributed by atoms with Gasteiger partial charge in [-0.15, -0.1) is 0 Å². The lowest BCUT2D eigenvalue weighted by molar-refractivity contribution is -0.0264. The number of guanidine groups is 1. The highest BCUT2D eigenvalue weighted by molar-refractivity contribution is 5.92. The van der Waals surface area contributed by atoms with E-state index in [9.17, 15) is 4.79 Å². The average Bonchev–Trinajstić information content (AvgIpc) is 3.33. The number of ether oxygens (including phenoxy) is 2. The Labute approximate surface area is 237 Å². The van der Waals surface area contributed by atoms with Gasteiger partial charge >= 0.3 is 6.09 Å². The zero-order chi connectivity index (χ0) is 28.5. The number of H-pyrrole nitrogens is 1. The van der Waals surface area contributed by atoms with Crippen molar-refractivity contribution in [2.45, 2.75) is 77.1 Å². The molecule has 1 aliphatic heterocycles. The number of piperidine rings is 1. The van der Waals surface area contributed by atoms with Gasteiger partial charge in [0.1, 0.15) is 17.5 Å². The number of hydrogen-bond donors (Lipinski definition) is 4. The zero-order valence-corrected chi connectivity index (χ0v) is 24.3. The number of rotatable bonds is 10. The number of aromatic nitrogens is 2. The van der Waals surface area contributed by atoms with Gasteiger partial charge in [-0.2, -0.15) is 0 Å². The first-order chi connectivity index (χ1) is 19.2. The maximum Gasteiger partial charge on any atom is 0.414 e. The van der Waals surface area contributed by atoms with E-state index < -0.39 is 11.7 Å². The molecule has 0 aliphatic carbocycles. The number of fused-ring (bicyclic) bond motifs is 1. The fraction of sp³-hybridized carbons (Fsp3) is 0.516. The van der Waals surface area contributed by atoms with Crippen molar-refractivity contribution in [2.24, 2.45) is 0 Å². The Morgan fingerprint density at radius 3 is 2.65 bits per heavy atom. The highest BCUT2D eigenvalue weighted by Crippen LogP contribution is 2.30. The summed E-state index contributed by atoms with van der Waals surface area (Å²) < 4.78 is 11.9. The Morgan fingerprint density at radius 1 is 1.12 bits per heavy atom. The van der Waals surface area contributed by atoms with Crippen LogP contribution in [0.4, 0.5) is 4.79 Å². The summed E-state index contributed by atoms with van der Waals surface area (Å²) in [5.74, 6) is 0.814. The number of para-hydroxylation sites is 2. The first-order valence-electron chi connectivity index (χ1n) is 14.4. The standard InChI is InChI=1S/C31H44N6O3/c1-31(2,3)40-30(38)36-29(32)33-18-9-5-6-11-22-12-10-13-23(21-22)27(39-24-16-19-37(4)20-17-24)28-34-25-14-7-8-15-26(25)35-28/h7-8,10,12-15,21,24,27H,5-6,9,11,16-20H2,1-4H3,(H,34,35)(H3,32,33,36,38). The van der Waals surface area contributed by atoms with Crippen molar-refractivity contribution in [2.75, 3.05) is 26.7 Å². The van der Waals surface area contributed by atoms with Gasteiger partial charge in [0.05, 0.1) is 17.1 Å². The minimum atomic E-state index is -0.620. The molecule has 4 rings (SSSR count). The molecule has 1 saturated heterocycles. The van der Waals surface area contributed by atoms with Crippen LogP contribution in [0, 0.1) is 5.41 Å². The molecule has 3 aromatic rings. The first kappa shape index (κ1) is 29.6. The van der Waals surface area contributed by atoms with Crippen molar-refractivity contribution < 1.29 is 14.3 Å². The summed E-state index contributed by atoms with van der Waals surface area (Å²) in [6.45, 7) is 8.09. The van der Waals surface area contributed by atoms with Crippen molar-refractivity contribution in [3.05, 3.63) is 65.5 Å². The van der Waals surface area contributed by atoms with Crippen molar-refractivity contribution in [1.29, 1.82) is 5.41 Å². The van der Waals surface area contributed by atoms with Crippen LogP contribution >= 0.6 is 0 Å². The molecule has 1 atom stereocenters. The molecule has 1 aromatic heterocycles. The molecule has 2 aromatic carbocycles. The molecule has 1 amide bonds. The average molecular weight is 549 g/mol. The van der Waals surface area contributed by atoms with Crippen molar-refractivity contribution in [1.82, 2.24) is 25.5 Å². The topological polar surface area (TPSA) is 115 Å². The quantitative estimate of drug-likeness (QED) is 0.151. The second-order valence-electron chi connectivity index (χ2n) is 11.6. The highest BCUT2D eigenvalue weighted by Gasteiger charge is 2.26. The minimum Gasteiger partial charge on any atom is -0.444 e. The number of carbonyl (C=O) groups is 1. The van der Waals surface area contributed by atoms with Gasteiger partial charge < -0.3 is 24.7 Å². The van der Waals surface area contributed by atoms with Gasteiger partial charge in [0.25, 0.3) is 0 Å². The molecule has 1 aliphatic rings. The number of aromatic amines is 1. The summed E-state index contributed by atoms with van der Waals surface area (Å²) in [4.78, 5) is 22.5. The fourth-order valence-electron chi connectivity index (χ4n) is 4.92. The van der Waals surface area contributed by atoms with Gasteiger partial charge in [-0.05, 0) is 83.2 Å². The summed E-state index contributed by atoms with van der Waals surface area (Å²) in [6.07, 6.45) is 5.28. The van der Waals surface area contributed by atoms with E-state index in [0.29, 0.717) is 6.54 Å². The summed E-state index contributed by atoms with van der Waals surface area (Å²) in [5, 5.41) is 13.2. The highest BCUT2D eigenvalue weighted by atomic mass is 16.6. The van der Waals surface area contributed by atoms with Crippen LogP contribution in [0.15, 0.2) is 48.5 Å². The van der Waals surface area contributed by atoms with E-state index in [2.05, 4.69) is 57.9 Å². The van der Waals surface area contributed by atoms with Gasteiger partial charge in [-0.25, -0.2) is 9.78 Å². The molecule has 0 saturated carbocycles. The van der Waals surface area contributed by atoms with E-state index in [0.717, 1.165) is 74.0 Å². The number of aryl methyl sites for hydroxylation is 1. The third kappa shape index (κ3) is 9.06. The van der Waals surface area contributed by atoms with Gasteiger partial charge in [0.15, 0.2) is 5.96 Å². The molecular formula is C31H44N6O3. The maximum absolute atomic E-state index is 11.8. The van der Waals surface area contributed by atoms with E-state index >= 15 is 0 Å². The van der Waals surface area contributed by atoms with Crippen molar-refractivity contribution in [3.8, 4) is 0 Å². The molecule has 1 unspecified atom stereocenters. The Hall–Kier alpha value is -3.43. The number of amides is 1. The van der Waals surface area contributed by atoms with E-state index in [1.54, 1.807) is 20.8 Å². The number of hydrogen-bond acceptors (Lipinski definition) is 6. The molecule has 0 spiro atoms. The van der Waals surface area contributed by atoms with Crippen LogP contribution in [0.2, 0.25) is 0 Å². The van der Waals surface area contributed by atoms with Gasteiger partial charge in [0, 0.05) is 19.6 Å². The normalized spacial score (nSPS) is 15.6. The predicted molar refractivity (Wildman–Crippen MR) is 159 cm³/mol. The third-order valence-electron chi connectivity index (χ3n) is 6.97. The molecule has 9 nitrogen and oxygen atoms in total. The summed E-state index contributed by atoms with van der Waals surface area (Å²) in [5.41, 5.74) is 3.78. The lowest BCUT2D eigenvalue weighted by Crippen LogP contribution is -2.43. The van der Waals surface area contributed by atoms with Crippen LogP contribution < -0.4 is 10.6 Å². The lowest BCUT2D eigenvalue weighted by atomic mass is 10.0. The smallest absolute Gasteiger partial charge is 0.414 e. The number of unbranched alkanes of at least 4 members (excludes halogenated alkanes) is 2. The number of benzene rings is 2. The van der Waals surface area contributed by atoms with Crippen LogP contribution in [-0.2, 0) is 15.9 Å². The third-order valence-corrected chi connectivity index (χ3v) is 6.97. The zero-order valence-electron chi connectivity index (χ0n) is 24.3. The monoisotopic (exact) mass is 548 g/mol. The number of imidazole rings is 1. The predicted octanol–water partition coefficient (Wildman–Crippen LogP) is 5.52. The molecule has 2 heterocycles. The van der Waals surface area contributed by atoms with Crippen molar-refractivity contribution >= 4 is 23.1 Å². The second-order valence-corrected chi connectivity index (χ2v) is 11.6. The molecule has 216 valence electrons. The summed E-state index contributed by atoms with van der Waals surface area (Å²) in [7, 11) is 2.16. The van der Waals surface area contributed by atoms with E-state index in [4.69, 9.17) is 19.9 Å². The van der Waals surface area contributed by atoms with E-state index in [-0.39, 0.29) is 18.2 Å². The molecule has 0 radical (unpaired) electrons. The largest absolute Gasteiger partial charge is 0.444 e. The Bertz CT molecular complexity index is 1230. The fourth-order valence-corrected chi connectivity index (χ4v) is 4.92. The summed E-state index contributed by atoms with van der Waals surface area (Å²) in [6, 6.07) is 16.8. The Morgan fingerprint density at radius 2 is 1.90 bits per heavy atom. The first-order valence-corrected chi connectivity index (χ1v) is 14.4. The summed E-state index contributed by atoms with van der Waals surface area (Å²) >= 11 is 0. The molecule has 40 heavy (non-hydrogen) atoms. The van der Waals surface area contributed by atoms with Crippen LogP contribution in [-0.4, -0.2) is 65.3 Å². The number of likely N-dealkylation sites (tertiary alicyclic amines) is 1. The van der Waals surface area contributed by atoms with Crippen LogP contribution in [0.1, 0.15) is 75.9 Å². The number of nitrogens with zero attached hydrogens (tertiary/aromatic N) is 2. The molecule has 0 bridgehead atoms. The van der Waals surface area contributed by atoms with Crippen LogP contribution in [0.3, 0.4) is 0 Å². The molecule has 4 N–H and O–H groups in total. The Balaban J connectivity index is 1.30. The number of carbonyl (C=O) groups excluding carboxylic acids is 1. The van der Waals surface area contributed by atoms with Crippen LogP contribution in [0.25, 0.3) is 11.0 Å². The molecule has 9 heteroatoms. The second kappa shape index (κ2) is 13.8.